The van der Waals surface area contributed by atoms with Gasteiger partial charge in [-0.3, -0.25) is 0 Å². The van der Waals surface area contributed by atoms with Gasteiger partial charge in [0.05, 0.1) is 0 Å². The van der Waals surface area contributed by atoms with Crippen molar-refractivity contribution in [3.05, 3.63) is 0 Å². The Morgan fingerprint density at radius 2 is 0.636 bits per heavy atom. The molecule has 0 saturated heterocycles. The average Bonchev–Trinajstić information content (AvgIpc) is 2.48. The maximum atomic E-state index is 2.73. The van der Waals surface area contributed by atoms with Crippen LogP contribution in [0.1, 0.15) is 117 Å². The second-order valence-corrected chi connectivity index (χ2v) is 13.4. The molecule has 1 heteroatoms. The molecule has 0 aromatic rings. The molecule has 3 rings (SSSR count). The summed E-state index contributed by atoms with van der Waals surface area (Å²) in [4.78, 5) is 0. The Labute approximate surface area is 141 Å². The van der Waals surface area contributed by atoms with E-state index >= 15 is 0 Å². The summed E-state index contributed by atoms with van der Waals surface area (Å²) in [7, 11) is 0.139. The van der Waals surface area contributed by atoms with E-state index in [-0.39, 0.29) is 7.92 Å². The van der Waals surface area contributed by atoms with Crippen LogP contribution in [0.5, 0.6) is 0 Å². The van der Waals surface area contributed by atoms with Gasteiger partial charge in [0, 0.05) is 0 Å². The van der Waals surface area contributed by atoms with Gasteiger partial charge in [0.15, 0.2) is 0 Å². The minimum absolute atomic E-state index is 0.139. The van der Waals surface area contributed by atoms with Crippen molar-refractivity contribution in [3.63, 3.8) is 0 Å². The molecular formula is C21H39P. The summed E-state index contributed by atoms with van der Waals surface area (Å²) < 4.78 is 0. The number of hydrogen-bond acceptors (Lipinski definition) is 0. The van der Waals surface area contributed by atoms with Crippen LogP contribution in [-0.2, 0) is 0 Å². The van der Waals surface area contributed by atoms with Gasteiger partial charge in [-0.15, -0.1) is 0 Å². The molecule has 3 aliphatic rings. The minimum atomic E-state index is 0.139. The summed E-state index contributed by atoms with van der Waals surface area (Å²) in [5.41, 5.74) is 0. The van der Waals surface area contributed by atoms with E-state index in [0.717, 1.165) is 0 Å². The molecule has 0 aromatic heterocycles. The van der Waals surface area contributed by atoms with E-state index in [1.54, 1.807) is 38.5 Å². The molecule has 3 saturated carbocycles. The minimum Gasteiger partial charge on any atom is -0.0884 e. The maximum absolute atomic E-state index is 2.73. The molecule has 22 heavy (non-hydrogen) atoms. The smallest absolute Gasteiger partial charge is 0.0113 e. The lowest BCUT2D eigenvalue weighted by atomic mass is 9.87. The lowest BCUT2D eigenvalue weighted by molar-refractivity contribution is 0.341. The number of rotatable bonds is 3. The maximum Gasteiger partial charge on any atom is -0.0113 e. The number of hydrogen-bond donors (Lipinski definition) is 0. The van der Waals surface area contributed by atoms with Crippen LogP contribution < -0.4 is 0 Å². The predicted octanol–water partition coefficient (Wildman–Crippen LogP) is 7.64. The largest absolute Gasteiger partial charge is 0.0884 e. The summed E-state index contributed by atoms with van der Waals surface area (Å²) in [6, 6.07) is 0. The van der Waals surface area contributed by atoms with E-state index in [1.165, 1.54) is 57.8 Å². The zero-order valence-corrected chi connectivity index (χ0v) is 16.4. The van der Waals surface area contributed by atoms with Crippen LogP contribution in [0.2, 0.25) is 0 Å². The second kappa shape index (κ2) is 6.74. The molecule has 0 bridgehead atoms. The first-order valence-electron chi connectivity index (χ1n) is 10.3. The van der Waals surface area contributed by atoms with Crippen LogP contribution in [0.4, 0.5) is 0 Å². The van der Waals surface area contributed by atoms with Crippen molar-refractivity contribution in [3.8, 4) is 0 Å². The van der Waals surface area contributed by atoms with Crippen LogP contribution in [0.3, 0.4) is 0 Å². The van der Waals surface area contributed by atoms with E-state index in [0.29, 0.717) is 15.5 Å². The van der Waals surface area contributed by atoms with Gasteiger partial charge in [0.25, 0.3) is 0 Å². The van der Waals surface area contributed by atoms with Gasteiger partial charge >= 0.3 is 0 Å². The van der Waals surface area contributed by atoms with E-state index in [2.05, 4.69) is 20.8 Å². The lowest BCUT2D eigenvalue weighted by Crippen LogP contribution is -2.46. The first-order chi connectivity index (χ1) is 10.5. The van der Waals surface area contributed by atoms with E-state index in [9.17, 15) is 0 Å². The van der Waals surface area contributed by atoms with Gasteiger partial charge in [0.1, 0.15) is 0 Å². The highest BCUT2D eigenvalue weighted by Gasteiger charge is 2.53. The quantitative estimate of drug-likeness (QED) is 0.468. The van der Waals surface area contributed by atoms with Crippen molar-refractivity contribution in [1.82, 2.24) is 0 Å². The molecule has 3 fully saturated rings. The lowest BCUT2D eigenvalue weighted by Gasteiger charge is -2.60. The Morgan fingerprint density at radius 3 is 0.864 bits per heavy atom. The third-order valence-corrected chi connectivity index (χ3v) is 12.0. The Hall–Kier alpha value is 0.430. The highest BCUT2D eigenvalue weighted by Crippen LogP contribution is 2.76. The van der Waals surface area contributed by atoms with Crippen molar-refractivity contribution in [2.45, 2.75) is 133 Å². The standard InChI is InChI=1S/C21H39P/c1-19(13-7-4-8-14-19)22(20(2)15-9-5-10-16-20)21(3)17-11-6-12-18-21/h4-18H2,1-3H3. The molecular weight excluding hydrogens is 283 g/mol. The fourth-order valence-corrected chi connectivity index (χ4v) is 12.8. The summed E-state index contributed by atoms with van der Waals surface area (Å²) in [5.74, 6) is 0. The molecule has 0 aromatic carbocycles. The van der Waals surface area contributed by atoms with Gasteiger partial charge in [-0.2, -0.15) is 0 Å². The molecule has 128 valence electrons. The SMILES string of the molecule is CC1(P(C2(C)CCCCC2)C2(C)CCCCC2)CCCCC1. The Bertz CT molecular complexity index is 297. The highest BCUT2D eigenvalue weighted by atomic mass is 31.1. The van der Waals surface area contributed by atoms with Crippen LogP contribution >= 0.6 is 7.92 Å². The van der Waals surface area contributed by atoms with Gasteiger partial charge in [-0.1, -0.05) is 86.5 Å². The van der Waals surface area contributed by atoms with Crippen LogP contribution in [0.15, 0.2) is 0 Å². The molecule has 0 nitrogen and oxygen atoms in total. The monoisotopic (exact) mass is 322 g/mol. The Balaban J connectivity index is 1.93. The van der Waals surface area contributed by atoms with Crippen molar-refractivity contribution in [2.75, 3.05) is 0 Å². The molecule has 0 radical (unpaired) electrons. The Morgan fingerprint density at radius 1 is 0.409 bits per heavy atom. The van der Waals surface area contributed by atoms with Crippen molar-refractivity contribution >= 4 is 7.92 Å². The van der Waals surface area contributed by atoms with E-state index < -0.39 is 0 Å². The van der Waals surface area contributed by atoms with Crippen molar-refractivity contribution in [2.24, 2.45) is 0 Å². The van der Waals surface area contributed by atoms with Gasteiger partial charge in [-0.05, 0) is 54.0 Å². The molecule has 0 aliphatic heterocycles. The van der Waals surface area contributed by atoms with Crippen LogP contribution in [0, 0.1) is 0 Å². The zero-order chi connectivity index (χ0) is 15.7. The van der Waals surface area contributed by atoms with Crippen molar-refractivity contribution < 1.29 is 0 Å². The topological polar surface area (TPSA) is 0 Å². The van der Waals surface area contributed by atoms with E-state index in [4.69, 9.17) is 0 Å². The normalized spacial score (nSPS) is 31.1. The first kappa shape index (κ1) is 17.3. The summed E-state index contributed by atoms with van der Waals surface area (Å²) in [6.45, 7) is 8.20. The van der Waals surface area contributed by atoms with Gasteiger partial charge in [0.2, 0.25) is 0 Å². The predicted molar refractivity (Wildman–Crippen MR) is 101 cm³/mol. The van der Waals surface area contributed by atoms with Gasteiger partial charge < -0.3 is 0 Å². The summed E-state index contributed by atoms with van der Waals surface area (Å²) in [6.07, 6.45) is 22.9. The van der Waals surface area contributed by atoms with Crippen LogP contribution in [-0.4, -0.2) is 15.5 Å². The second-order valence-electron chi connectivity index (χ2n) is 9.51. The van der Waals surface area contributed by atoms with Gasteiger partial charge in [-0.25, -0.2) is 0 Å². The molecule has 3 aliphatic carbocycles. The third-order valence-electron chi connectivity index (χ3n) is 7.41. The highest BCUT2D eigenvalue weighted by molar-refractivity contribution is 7.62. The summed E-state index contributed by atoms with van der Waals surface area (Å²) >= 11 is 0. The zero-order valence-electron chi connectivity index (χ0n) is 15.6. The molecule has 0 atom stereocenters. The van der Waals surface area contributed by atoms with E-state index in [1.807, 2.05) is 0 Å². The van der Waals surface area contributed by atoms with Crippen molar-refractivity contribution in [1.29, 1.82) is 0 Å². The first-order valence-corrected chi connectivity index (χ1v) is 11.6. The molecule has 0 N–H and O–H groups in total. The molecule has 0 amide bonds. The molecule has 0 spiro atoms. The fraction of sp³-hybridized carbons (Fsp3) is 1.00. The molecule has 0 heterocycles. The molecule has 0 unspecified atom stereocenters. The summed E-state index contributed by atoms with van der Waals surface area (Å²) in [5, 5.41) is 2.10. The van der Waals surface area contributed by atoms with Crippen LogP contribution in [0.25, 0.3) is 0 Å². The average molecular weight is 323 g/mol. The third kappa shape index (κ3) is 3.29. The fourth-order valence-electron chi connectivity index (χ4n) is 6.57. The Kier molecular flexibility index (Phi) is 5.29.